The Hall–Kier alpha value is -0.0900. The van der Waals surface area contributed by atoms with Gasteiger partial charge in [0.25, 0.3) is 0 Å². The van der Waals surface area contributed by atoms with Crippen LogP contribution in [0.15, 0.2) is 12.1 Å². The molecular formula is C14H22ClNOS. The van der Waals surface area contributed by atoms with Crippen LogP contribution in [-0.2, 0) is 11.2 Å². The SMILES string of the molecule is CCCNC(Cc1ccc(Cl)s1)C1CCCCO1. The Kier molecular flexibility index (Phi) is 5.96. The van der Waals surface area contributed by atoms with Crippen molar-refractivity contribution in [3.8, 4) is 0 Å². The fraction of sp³-hybridized carbons (Fsp3) is 0.714. The van der Waals surface area contributed by atoms with Crippen molar-refractivity contribution < 1.29 is 4.74 Å². The first kappa shape index (κ1) is 14.3. The Balaban J connectivity index is 1.94. The lowest BCUT2D eigenvalue weighted by Crippen LogP contribution is -2.44. The van der Waals surface area contributed by atoms with E-state index in [0.29, 0.717) is 12.1 Å². The number of hydrogen-bond acceptors (Lipinski definition) is 3. The smallest absolute Gasteiger partial charge is 0.0931 e. The average Bonchev–Trinajstić information content (AvgIpc) is 2.81. The molecule has 0 radical (unpaired) electrons. The molecule has 0 aliphatic carbocycles. The van der Waals surface area contributed by atoms with Crippen LogP contribution in [0.4, 0.5) is 0 Å². The van der Waals surface area contributed by atoms with Gasteiger partial charge in [0, 0.05) is 17.5 Å². The second-order valence-electron chi connectivity index (χ2n) is 4.88. The zero-order chi connectivity index (χ0) is 12.8. The molecule has 0 aromatic carbocycles. The van der Waals surface area contributed by atoms with E-state index in [4.69, 9.17) is 16.3 Å². The van der Waals surface area contributed by atoms with Crippen LogP contribution in [-0.4, -0.2) is 25.3 Å². The third-order valence-electron chi connectivity index (χ3n) is 3.37. The van der Waals surface area contributed by atoms with E-state index in [-0.39, 0.29) is 0 Å². The molecule has 2 atom stereocenters. The Morgan fingerprint density at radius 3 is 3.00 bits per heavy atom. The van der Waals surface area contributed by atoms with Crippen molar-refractivity contribution in [2.75, 3.05) is 13.2 Å². The van der Waals surface area contributed by atoms with Gasteiger partial charge in [-0.2, -0.15) is 0 Å². The summed E-state index contributed by atoms with van der Waals surface area (Å²) < 4.78 is 6.80. The van der Waals surface area contributed by atoms with E-state index in [1.807, 2.05) is 6.07 Å². The van der Waals surface area contributed by atoms with Crippen LogP contribution in [0.3, 0.4) is 0 Å². The second kappa shape index (κ2) is 7.49. The van der Waals surface area contributed by atoms with Gasteiger partial charge in [-0.15, -0.1) is 11.3 Å². The topological polar surface area (TPSA) is 21.3 Å². The van der Waals surface area contributed by atoms with Gasteiger partial charge >= 0.3 is 0 Å². The molecule has 2 nitrogen and oxygen atoms in total. The summed E-state index contributed by atoms with van der Waals surface area (Å²) in [5, 5.41) is 3.64. The van der Waals surface area contributed by atoms with Crippen LogP contribution in [0.25, 0.3) is 0 Å². The summed E-state index contributed by atoms with van der Waals surface area (Å²) in [7, 11) is 0. The van der Waals surface area contributed by atoms with Crippen molar-refractivity contribution in [3.05, 3.63) is 21.3 Å². The molecule has 2 heterocycles. The van der Waals surface area contributed by atoms with Crippen LogP contribution in [0.5, 0.6) is 0 Å². The van der Waals surface area contributed by atoms with E-state index < -0.39 is 0 Å². The molecule has 1 fully saturated rings. The maximum atomic E-state index is 6.00. The maximum absolute atomic E-state index is 6.00. The minimum absolute atomic E-state index is 0.367. The molecule has 1 aromatic heterocycles. The van der Waals surface area contributed by atoms with Crippen molar-refractivity contribution in [2.24, 2.45) is 0 Å². The first-order valence-corrected chi connectivity index (χ1v) is 8.08. The minimum atomic E-state index is 0.367. The average molecular weight is 288 g/mol. The number of rotatable bonds is 6. The highest BCUT2D eigenvalue weighted by molar-refractivity contribution is 7.16. The lowest BCUT2D eigenvalue weighted by Gasteiger charge is -2.31. The van der Waals surface area contributed by atoms with Crippen LogP contribution < -0.4 is 5.32 Å². The number of ether oxygens (including phenoxy) is 1. The molecule has 1 saturated heterocycles. The minimum Gasteiger partial charge on any atom is -0.377 e. The van der Waals surface area contributed by atoms with Gasteiger partial charge in [0.15, 0.2) is 0 Å². The highest BCUT2D eigenvalue weighted by Gasteiger charge is 2.24. The first-order valence-electron chi connectivity index (χ1n) is 6.89. The van der Waals surface area contributed by atoms with Crippen molar-refractivity contribution in [3.63, 3.8) is 0 Å². The number of hydrogen-bond donors (Lipinski definition) is 1. The molecule has 102 valence electrons. The summed E-state index contributed by atoms with van der Waals surface area (Å²) in [6.07, 6.45) is 6.24. The van der Waals surface area contributed by atoms with Gasteiger partial charge in [-0.1, -0.05) is 18.5 Å². The van der Waals surface area contributed by atoms with E-state index in [1.165, 1.54) is 24.1 Å². The molecule has 1 aromatic rings. The molecule has 2 rings (SSSR count). The summed E-state index contributed by atoms with van der Waals surface area (Å²) in [5.41, 5.74) is 0. The molecule has 18 heavy (non-hydrogen) atoms. The number of thiophene rings is 1. The van der Waals surface area contributed by atoms with E-state index in [0.717, 1.165) is 30.3 Å². The summed E-state index contributed by atoms with van der Waals surface area (Å²) in [4.78, 5) is 1.35. The molecule has 0 saturated carbocycles. The molecule has 4 heteroatoms. The molecule has 1 aliphatic heterocycles. The summed E-state index contributed by atoms with van der Waals surface area (Å²) in [6.45, 7) is 4.18. The van der Waals surface area contributed by atoms with E-state index in [2.05, 4.69) is 18.3 Å². The Morgan fingerprint density at radius 2 is 2.39 bits per heavy atom. The second-order valence-corrected chi connectivity index (χ2v) is 6.68. The summed E-state index contributed by atoms with van der Waals surface area (Å²) in [6, 6.07) is 4.55. The molecule has 1 aliphatic rings. The normalized spacial score (nSPS) is 22.0. The zero-order valence-corrected chi connectivity index (χ0v) is 12.5. The molecule has 0 bridgehead atoms. The Labute approximate surface area is 119 Å². The molecule has 0 amide bonds. The van der Waals surface area contributed by atoms with E-state index in [9.17, 15) is 0 Å². The van der Waals surface area contributed by atoms with Gasteiger partial charge < -0.3 is 10.1 Å². The Bertz CT molecular complexity index is 349. The zero-order valence-electron chi connectivity index (χ0n) is 11.0. The van der Waals surface area contributed by atoms with Gasteiger partial charge in [-0.3, -0.25) is 0 Å². The van der Waals surface area contributed by atoms with E-state index in [1.54, 1.807) is 11.3 Å². The largest absolute Gasteiger partial charge is 0.377 e. The fourth-order valence-corrected chi connectivity index (χ4v) is 3.57. The fourth-order valence-electron chi connectivity index (χ4n) is 2.43. The summed E-state index contributed by atoms with van der Waals surface area (Å²) in [5.74, 6) is 0. The van der Waals surface area contributed by atoms with Crippen LogP contribution >= 0.6 is 22.9 Å². The number of nitrogens with one attached hydrogen (secondary N) is 1. The molecule has 0 spiro atoms. The third kappa shape index (κ3) is 4.23. The molecule has 1 N–H and O–H groups in total. The lowest BCUT2D eigenvalue weighted by molar-refractivity contribution is -0.00722. The van der Waals surface area contributed by atoms with Crippen LogP contribution in [0.2, 0.25) is 4.34 Å². The monoisotopic (exact) mass is 287 g/mol. The maximum Gasteiger partial charge on any atom is 0.0931 e. The standard InChI is InChI=1S/C14H22ClNOS/c1-2-8-16-12(13-5-3-4-9-17-13)10-11-6-7-14(15)18-11/h6-7,12-13,16H,2-5,8-10H2,1H3. The number of halogens is 1. The van der Waals surface area contributed by atoms with E-state index >= 15 is 0 Å². The summed E-state index contributed by atoms with van der Waals surface area (Å²) >= 11 is 7.68. The van der Waals surface area contributed by atoms with Crippen molar-refractivity contribution in [1.82, 2.24) is 5.32 Å². The first-order chi connectivity index (χ1) is 8.79. The Morgan fingerprint density at radius 1 is 1.50 bits per heavy atom. The van der Waals surface area contributed by atoms with Crippen molar-refractivity contribution in [1.29, 1.82) is 0 Å². The van der Waals surface area contributed by atoms with Gasteiger partial charge in [0.2, 0.25) is 0 Å². The highest BCUT2D eigenvalue weighted by atomic mass is 35.5. The van der Waals surface area contributed by atoms with Crippen LogP contribution in [0, 0.1) is 0 Å². The third-order valence-corrected chi connectivity index (χ3v) is 4.62. The molecule has 2 unspecified atom stereocenters. The van der Waals surface area contributed by atoms with Crippen molar-refractivity contribution in [2.45, 2.75) is 51.2 Å². The van der Waals surface area contributed by atoms with Gasteiger partial charge in [0.05, 0.1) is 10.4 Å². The van der Waals surface area contributed by atoms with Crippen molar-refractivity contribution >= 4 is 22.9 Å². The predicted molar refractivity (Wildman–Crippen MR) is 78.7 cm³/mol. The highest BCUT2D eigenvalue weighted by Crippen LogP contribution is 2.25. The lowest BCUT2D eigenvalue weighted by atomic mass is 9.99. The van der Waals surface area contributed by atoms with Gasteiger partial charge in [-0.05, 0) is 50.8 Å². The van der Waals surface area contributed by atoms with Gasteiger partial charge in [-0.25, -0.2) is 0 Å². The predicted octanol–water partition coefficient (Wildman–Crippen LogP) is 3.88. The van der Waals surface area contributed by atoms with Crippen LogP contribution in [0.1, 0.15) is 37.5 Å². The van der Waals surface area contributed by atoms with Gasteiger partial charge in [0.1, 0.15) is 0 Å². The molecular weight excluding hydrogens is 266 g/mol. The quantitative estimate of drug-likeness (QED) is 0.857.